The van der Waals surface area contributed by atoms with Crippen molar-refractivity contribution in [2.24, 2.45) is 5.10 Å². The maximum Gasteiger partial charge on any atom is 0.292 e. The third-order valence-electron chi connectivity index (χ3n) is 5.62. The molecule has 1 aliphatic rings. The summed E-state index contributed by atoms with van der Waals surface area (Å²) in [7, 11) is 0. The fraction of sp³-hybridized carbons (Fsp3) is 0.160. The molecule has 2 amide bonds. The largest absolute Gasteiger partial charge is 0.455 e. The van der Waals surface area contributed by atoms with Crippen LogP contribution in [0.3, 0.4) is 0 Å². The molecule has 0 saturated heterocycles. The van der Waals surface area contributed by atoms with Crippen LogP contribution in [0.25, 0.3) is 10.9 Å². The Morgan fingerprint density at radius 1 is 1.06 bits per heavy atom. The highest BCUT2D eigenvalue weighted by Crippen LogP contribution is 2.30. The van der Waals surface area contributed by atoms with Crippen LogP contribution < -0.4 is 10.7 Å². The van der Waals surface area contributed by atoms with E-state index in [4.69, 9.17) is 16.0 Å². The van der Waals surface area contributed by atoms with Crippen molar-refractivity contribution < 1.29 is 14.0 Å². The lowest BCUT2D eigenvalue weighted by atomic mass is 9.93. The van der Waals surface area contributed by atoms with Gasteiger partial charge in [0.2, 0.25) is 0 Å². The zero-order valence-electron chi connectivity index (χ0n) is 18.3. The second-order valence-electron chi connectivity index (χ2n) is 7.91. The minimum atomic E-state index is -0.412. The second kappa shape index (κ2) is 9.07. The molecule has 4 aromatic rings. The number of rotatable bonds is 4. The molecule has 0 spiro atoms. The van der Waals surface area contributed by atoms with E-state index < -0.39 is 11.8 Å². The van der Waals surface area contributed by atoms with E-state index in [2.05, 4.69) is 25.8 Å². The Hall–Kier alpha value is -4.04. The number of carbonyl (C=O) groups is 2. The molecular formula is C25H20ClN5O3. The SMILES string of the molecule is Cc1c(C(=O)Nc2ccc(Cl)cn2)oc2c1/C(=N/NC(=O)c1ccc3ccccc3n1)CCC2. The summed E-state index contributed by atoms with van der Waals surface area (Å²) in [6.07, 6.45) is 3.58. The van der Waals surface area contributed by atoms with E-state index in [0.29, 0.717) is 40.7 Å². The number of amides is 2. The summed E-state index contributed by atoms with van der Waals surface area (Å²) in [6.45, 7) is 1.81. The van der Waals surface area contributed by atoms with Crippen molar-refractivity contribution in [3.8, 4) is 0 Å². The molecule has 0 atom stereocenters. The van der Waals surface area contributed by atoms with Crippen LogP contribution in [-0.2, 0) is 6.42 Å². The average Bonchev–Trinajstić information content (AvgIpc) is 3.20. The Balaban J connectivity index is 1.37. The van der Waals surface area contributed by atoms with E-state index in [0.717, 1.165) is 22.9 Å². The summed E-state index contributed by atoms with van der Waals surface area (Å²) in [5, 5.41) is 8.51. The maximum atomic E-state index is 12.8. The normalized spacial score (nSPS) is 14.1. The van der Waals surface area contributed by atoms with Crippen LogP contribution >= 0.6 is 11.6 Å². The lowest BCUT2D eigenvalue weighted by Crippen LogP contribution is -2.23. The molecule has 3 aromatic heterocycles. The summed E-state index contributed by atoms with van der Waals surface area (Å²) in [5.74, 6) is 0.421. The number of carbonyl (C=O) groups excluding carboxylic acids is 2. The monoisotopic (exact) mass is 473 g/mol. The molecule has 170 valence electrons. The van der Waals surface area contributed by atoms with E-state index in [9.17, 15) is 9.59 Å². The quantitative estimate of drug-likeness (QED) is 0.409. The van der Waals surface area contributed by atoms with Gasteiger partial charge in [-0.25, -0.2) is 15.4 Å². The van der Waals surface area contributed by atoms with Gasteiger partial charge in [0.15, 0.2) is 5.76 Å². The van der Waals surface area contributed by atoms with Gasteiger partial charge in [0.1, 0.15) is 17.3 Å². The smallest absolute Gasteiger partial charge is 0.292 e. The number of nitrogens with one attached hydrogen (secondary N) is 2. The van der Waals surface area contributed by atoms with Crippen LogP contribution in [-0.4, -0.2) is 27.5 Å². The molecular weight excluding hydrogens is 454 g/mol. The summed E-state index contributed by atoms with van der Waals surface area (Å²) < 4.78 is 5.89. The van der Waals surface area contributed by atoms with Crippen LogP contribution in [0, 0.1) is 6.92 Å². The highest BCUT2D eigenvalue weighted by Gasteiger charge is 2.28. The van der Waals surface area contributed by atoms with Crippen LogP contribution in [0.5, 0.6) is 0 Å². The molecule has 0 unspecified atom stereocenters. The molecule has 0 aliphatic heterocycles. The first-order valence-corrected chi connectivity index (χ1v) is 11.2. The Labute approximate surface area is 200 Å². The van der Waals surface area contributed by atoms with Crippen LogP contribution in [0.2, 0.25) is 5.02 Å². The summed E-state index contributed by atoms with van der Waals surface area (Å²) in [4.78, 5) is 34.0. The van der Waals surface area contributed by atoms with Crippen LogP contribution in [0.1, 0.15) is 50.8 Å². The second-order valence-corrected chi connectivity index (χ2v) is 8.35. The third-order valence-corrected chi connectivity index (χ3v) is 5.85. The molecule has 1 aromatic carbocycles. The van der Waals surface area contributed by atoms with E-state index >= 15 is 0 Å². The number of furan rings is 1. The van der Waals surface area contributed by atoms with Crippen molar-refractivity contribution >= 4 is 45.8 Å². The molecule has 0 fully saturated rings. The Kier molecular flexibility index (Phi) is 5.81. The maximum absolute atomic E-state index is 12.8. The number of halogens is 1. The van der Waals surface area contributed by atoms with Crippen molar-refractivity contribution in [1.29, 1.82) is 0 Å². The van der Waals surface area contributed by atoms with Crippen molar-refractivity contribution in [2.75, 3.05) is 5.32 Å². The van der Waals surface area contributed by atoms with Gasteiger partial charge in [-0.3, -0.25) is 9.59 Å². The molecule has 1 aliphatic carbocycles. The first-order valence-electron chi connectivity index (χ1n) is 10.8. The molecule has 2 N–H and O–H groups in total. The van der Waals surface area contributed by atoms with E-state index in [1.54, 1.807) is 25.1 Å². The number of fused-ring (bicyclic) bond motifs is 2. The molecule has 9 heteroatoms. The number of aromatic nitrogens is 2. The molecule has 34 heavy (non-hydrogen) atoms. The van der Waals surface area contributed by atoms with Crippen molar-refractivity contribution in [3.05, 3.63) is 88.1 Å². The van der Waals surface area contributed by atoms with Crippen molar-refractivity contribution in [1.82, 2.24) is 15.4 Å². The summed E-state index contributed by atoms with van der Waals surface area (Å²) in [5.41, 5.74) is 5.71. The minimum Gasteiger partial charge on any atom is -0.455 e. The number of hydrogen-bond acceptors (Lipinski definition) is 6. The van der Waals surface area contributed by atoms with Gasteiger partial charge in [-0.1, -0.05) is 35.9 Å². The number of benzene rings is 1. The van der Waals surface area contributed by atoms with Gasteiger partial charge >= 0.3 is 0 Å². The standard InChI is InChI=1S/C25H20ClN5O3/c1-14-22-18(30-31-24(32)19-11-9-15-5-2-3-6-17(15)28-19)7-4-8-20(22)34-23(14)25(33)29-21-12-10-16(26)13-27-21/h2-3,5-6,9-13H,4,7-8H2,1H3,(H,31,32)(H,27,29,33)/b30-18+. The first-order chi connectivity index (χ1) is 16.5. The number of para-hydroxylation sites is 1. The van der Waals surface area contributed by atoms with E-state index in [1.165, 1.54) is 6.20 Å². The summed E-state index contributed by atoms with van der Waals surface area (Å²) in [6, 6.07) is 14.4. The van der Waals surface area contributed by atoms with Crippen LogP contribution in [0.15, 0.2) is 64.2 Å². The summed E-state index contributed by atoms with van der Waals surface area (Å²) >= 11 is 5.85. The third kappa shape index (κ3) is 4.27. The Bertz CT molecular complexity index is 1440. The number of aryl methyl sites for hydroxylation is 1. The van der Waals surface area contributed by atoms with Gasteiger partial charge in [0.25, 0.3) is 11.8 Å². The topological polar surface area (TPSA) is 109 Å². The van der Waals surface area contributed by atoms with Gasteiger partial charge in [-0.15, -0.1) is 0 Å². The highest BCUT2D eigenvalue weighted by atomic mass is 35.5. The van der Waals surface area contributed by atoms with Crippen LogP contribution in [0.4, 0.5) is 5.82 Å². The van der Waals surface area contributed by atoms with Gasteiger partial charge in [0.05, 0.1) is 16.3 Å². The average molecular weight is 474 g/mol. The number of hydrazone groups is 1. The predicted molar refractivity (Wildman–Crippen MR) is 129 cm³/mol. The Morgan fingerprint density at radius 3 is 2.74 bits per heavy atom. The minimum absolute atomic E-state index is 0.193. The van der Waals surface area contributed by atoms with Crippen molar-refractivity contribution in [2.45, 2.75) is 26.2 Å². The van der Waals surface area contributed by atoms with E-state index in [1.807, 2.05) is 30.3 Å². The fourth-order valence-corrected chi connectivity index (χ4v) is 4.10. The first kappa shape index (κ1) is 21.8. The lowest BCUT2D eigenvalue weighted by molar-refractivity contribution is 0.0949. The zero-order chi connectivity index (χ0) is 23.7. The highest BCUT2D eigenvalue weighted by molar-refractivity contribution is 6.30. The number of nitrogens with zero attached hydrogens (tertiary/aromatic N) is 3. The molecule has 8 nitrogen and oxygen atoms in total. The zero-order valence-corrected chi connectivity index (χ0v) is 19.0. The number of pyridine rings is 2. The predicted octanol–water partition coefficient (Wildman–Crippen LogP) is 4.91. The molecule has 3 heterocycles. The number of anilines is 1. The number of hydrogen-bond donors (Lipinski definition) is 2. The van der Waals surface area contributed by atoms with Gasteiger partial charge < -0.3 is 9.73 Å². The lowest BCUT2D eigenvalue weighted by Gasteiger charge is -2.13. The molecule has 0 bridgehead atoms. The fourth-order valence-electron chi connectivity index (χ4n) is 3.99. The van der Waals surface area contributed by atoms with Gasteiger partial charge in [-0.2, -0.15) is 5.10 Å². The van der Waals surface area contributed by atoms with E-state index in [-0.39, 0.29) is 11.5 Å². The van der Waals surface area contributed by atoms with Gasteiger partial charge in [0, 0.05) is 29.1 Å². The Morgan fingerprint density at radius 2 is 1.91 bits per heavy atom. The molecule has 0 saturated carbocycles. The van der Waals surface area contributed by atoms with Gasteiger partial charge in [-0.05, 0) is 44.0 Å². The van der Waals surface area contributed by atoms with Crippen molar-refractivity contribution in [3.63, 3.8) is 0 Å². The molecule has 0 radical (unpaired) electrons. The molecule has 5 rings (SSSR count).